The van der Waals surface area contributed by atoms with E-state index in [-0.39, 0.29) is 5.69 Å². The number of hydrogen-bond acceptors (Lipinski definition) is 2. The second-order valence-electron chi connectivity index (χ2n) is 6.90. The van der Waals surface area contributed by atoms with Crippen molar-refractivity contribution < 1.29 is 4.39 Å². The molecular formula is C26H22FNS. The highest BCUT2D eigenvalue weighted by molar-refractivity contribution is 7.78. The van der Waals surface area contributed by atoms with Crippen LogP contribution in [0.2, 0.25) is 0 Å². The van der Waals surface area contributed by atoms with E-state index < -0.39 is 5.82 Å². The molecule has 144 valence electrons. The molecule has 0 radical (unpaired) electrons. The van der Waals surface area contributed by atoms with Crippen LogP contribution in [0.4, 0.5) is 10.1 Å². The molecule has 0 atom stereocenters. The van der Waals surface area contributed by atoms with Gasteiger partial charge in [-0.05, 0) is 66.9 Å². The molecule has 0 saturated heterocycles. The fourth-order valence-corrected chi connectivity index (χ4v) is 3.28. The Morgan fingerprint density at radius 2 is 1.72 bits per heavy atom. The van der Waals surface area contributed by atoms with Crippen molar-refractivity contribution in [2.75, 3.05) is 0 Å². The molecule has 0 aliphatic rings. The second-order valence-corrected chi connectivity index (χ2v) is 7.08. The minimum atomic E-state index is -0.465. The lowest BCUT2D eigenvalue weighted by Gasteiger charge is -2.11. The summed E-state index contributed by atoms with van der Waals surface area (Å²) in [4.78, 5) is 3.92. The molecule has 3 heteroatoms. The first-order valence-corrected chi connectivity index (χ1v) is 10.1. The molecule has 0 spiro atoms. The zero-order chi connectivity index (χ0) is 20.6. The normalized spacial score (nSPS) is 10.0. The fourth-order valence-electron chi connectivity index (χ4n) is 3.19. The lowest BCUT2D eigenvalue weighted by atomic mass is 9.95. The van der Waals surface area contributed by atoms with Gasteiger partial charge in [0.1, 0.15) is 5.69 Å². The quantitative estimate of drug-likeness (QED) is 0.249. The van der Waals surface area contributed by atoms with Gasteiger partial charge < -0.3 is 0 Å². The van der Waals surface area contributed by atoms with E-state index >= 15 is 4.39 Å². The van der Waals surface area contributed by atoms with Crippen molar-refractivity contribution in [3.8, 4) is 23.0 Å². The summed E-state index contributed by atoms with van der Waals surface area (Å²) in [5, 5.41) is 2.27. The zero-order valence-electron chi connectivity index (χ0n) is 16.6. The van der Waals surface area contributed by atoms with Crippen LogP contribution < -0.4 is 0 Å². The number of aliphatic imine (C=N–C) groups is 1. The van der Waals surface area contributed by atoms with Crippen LogP contribution in [0.5, 0.6) is 0 Å². The van der Waals surface area contributed by atoms with Crippen LogP contribution in [-0.2, 0) is 6.42 Å². The van der Waals surface area contributed by atoms with Crippen LogP contribution >= 0.6 is 12.2 Å². The van der Waals surface area contributed by atoms with E-state index in [1.807, 2.05) is 55.5 Å². The van der Waals surface area contributed by atoms with E-state index in [0.717, 1.165) is 23.1 Å². The summed E-state index contributed by atoms with van der Waals surface area (Å²) in [5.41, 5.74) is 5.01. The van der Waals surface area contributed by atoms with Gasteiger partial charge in [-0.1, -0.05) is 67.6 Å². The SMILES string of the molecule is CCCCc1ccc(C#Cc2c(-c3ccccc3)cc(C)c(N=C=S)c2F)cc1. The Morgan fingerprint density at radius 3 is 2.38 bits per heavy atom. The Kier molecular flexibility index (Phi) is 7.09. The molecule has 0 bridgehead atoms. The third-order valence-corrected chi connectivity index (χ3v) is 4.87. The number of benzene rings is 3. The molecule has 29 heavy (non-hydrogen) atoms. The van der Waals surface area contributed by atoms with E-state index in [9.17, 15) is 0 Å². The lowest BCUT2D eigenvalue weighted by molar-refractivity contribution is 0.626. The first kappa shape index (κ1) is 20.7. The maximum absolute atomic E-state index is 15.3. The van der Waals surface area contributed by atoms with Crippen LogP contribution in [0.15, 0.2) is 65.7 Å². The molecule has 0 amide bonds. The molecule has 0 aliphatic heterocycles. The van der Waals surface area contributed by atoms with Crippen molar-refractivity contribution >= 4 is 23.1 Å². The summed E-state index contributed by atoms with van der Waals surface area (Å²) in [5.74, 6) is 5.68. The Morgan fingerprint density at radius 1 is 1.00 bits per heavy atom. The Labute approximate surface area is 177 Å². The van der Waals surface area contributed by atoms with Crippen LogP contribution in [0.25, 0.3) is 11.1 Å². The average Bonchev–Trinajstić information content (AvgIpc) is 2.75. The number of unbranched alkanes of at least 4 members (excludes halogenated alkanes) is 1. The number of nitrogens with zero attached hydrogens (tertiary/aromatic N) is 1. The zero-order valence-corrected chi connectivity index (χ0v) is 17.4. The Bertz CT molecular complexity index is 1100. The third-order valence-electron chi connectivity index (χ3n) is 4.78. The van der Waals surface area contributed by atoms with E-state index in [1.54, 1.807) is 0 Å². The van der Waals surface area contributed by atoms with Crippen molar-refractivity contribution in [2.45, 2.75) is 33.1 Å². The van der Waals surface area contributed by atoms with Gasteiger partial charge in [-0.25, -0.2) is 4.39 Å². The summed E-state index contributed by atoms with van der Waals surface area (Å²) in [7, 11) is 0. The van der Waals surface area contributed by atoms with Crippen molar-refractivity contribution in [1.82, 2.24) is 0 Å². The van der Waals surface area contributed by atoms with Crippen molar-refractivity contribution in [2.24, 2.45) is 4.99 Å². The second kappa shape index (κ2) is 9.94. The molecule has 0 fully saturated rings. The van der Waals surface area contributed by atoms with Gasteiger partial charge in [-0.15, -0.1) is 0 Å². The summed E-state index contributed by atoms with van der Waals surface area (Å²) in [6.45, 7) is 4.00. The number of rotatable bonds is 5. The minimum absolute atomic E-state index is 0.193. The predicted octanol–water partition coefficient (Wildman–Crippen LogP) is 7.28. The van der Waals surface area contributed by atoms with E-state index in [1.165, 1.54) is 18.4 Å². The topological polar surface area (TPSA) is 12.4 Å². The van der Waals surface area contributed by atoms with Gasteiger partial charge >= 0.3 is 0 Å². The highest BCUT2D eigenvalue weighted by Crippen LogP contribution is 2.33. The lowest BCUT2D eigenvalue weighted by Crippen LogP contribution is -1.94. The molecular weight excluding hydrogens is 377 g/mol. The smallest absolute Gasteiger partial charge is 0.166 e. The third kappa shape index (κ3) is 5.06. The largest absolute Gasteiger partial charge is 0.203 e. The van der Waals surface area contributed by atoms with Crippen molar-refractivity contribution in [1.29, 1.82) is 0 Å². The summed E-state index contributed by atoms with van der Waals surface area (Å²) in [6, 6.07) is 19.7. The number of aryl methyl sites for hydroxylation is 2. The first-order valence-electron chi connectivity index (χ1n) is 9.71. The maximum atomic E-state index is 15.3. The number of isothiocyanates is 1. The standard InChI is InChI=1S/C26H22FNS/c1-3-4-8-20-11-13-21(14-12-20)15-16-23-24(22-9-6-5-7-10-22)17-19(2)26(25(23)27)28-18-29/h5-7,9-14,17H,3-4,8H2,1-2H3. The molecule has 1 nitrogen and oxygen atoms in total. The minimum Gasteiger partial charge on any atom is -0.203 e. The molecule has 0 aromatic heterocycles. The van der Waals surface area contributed by atoms with Gasteiger partial charge in [0.2, 0.25) is 0 Å². The fraction of sp³-hybridized carbons (Fsp3) is 0.192. The van der Waals surface area contributed by atoms with E-state index in [0.29, 0.717) is 11.1 Å². The number of halogens is 1. The van der Waals surface area contributed by atoms with Crippen LogP contribution in [0.3, 0.4) is 0 Å². The maximum Gasteiger partial charge on any atom is 0.166 e. The van der Waals surface area contributed by atoms with Crippen molar-refractivity contribution in [3.63, 3.8) is 0 Å². The van der Waals surface area contributed by atoms with Gasteiger partial charge in [-0.3, -0.25) is 0 Å². The average molecular weight is 400 g/mol. The van der Waals surface area contributed by atoms with Crippen LogP contribution in [-0.4, -0.2) is 5.16 Å². The highest BCUT2D eigenvalue weighted by atomic mass is 32.1. The Balaban J connectivity index is 2.07. The predicted molar refractivity (Wildman–Crippen MR) is 122 cm³/mol. The van der Waals surface area contributed by atoms with Gasteiger partial charge in [0.15, 0.2) is 5.82 Å². The van der Waals surface area contributed by atoms with E-state index in [4.69, 9.17) is 0 Å². The molecule has 0 unspecified atom stereocenters. The molecule has 0 heterocycles. The molecule has 3 aromatic carbocycles. The molecule has 3 aromatic rings. The Hall–Kier alpha value is -3.05. The summed E-state index contributed by atoms with van der Waals surface area (Å²) < 4.78 is 15.3. The van der Waals surface area contributed by atoms with Gasteiger partial charge in [-0.2, -0.15) is 4.99 Å². The summed E-state index contributed by atoms with van der Waals surface area (Å²) in [6.07, 6.45) is 3.40. The molecule has 0 N–H and O–H groups in total. The van der Waals surface area contributed by atoms with Crippen LogP contribution in [0.1, 0.15) is 42.0 Å². The molecule has 0 saturated carbocycles. The van der Waals surface area contributed by atoms with Crippen LogP contribution in [0, 0.1) is 24.6 Å². The van der Waals surface area contributed by atoms with Gasteiger partial charge in [0.25, 0.3) is 0 Å². The van der Waals surface area contributed by atoms with Gasteiger partial charge in [0.05, 0.1) is 10.7 Å². The first-order chi connectivity index (χ1) is 14.1. The summed E-state index contributed by atoms with van der Waals surface area (Å²) >= 11 is 4.69. The van der Waals surface area contributed by atoms with E-state index in [2.05, 4.69) is 53.3 Å². The monoisotopic (exact) mass is 399 g/mol. The van der Waals surface area contributed by atoms with Gasteiger partial charge in [0, 0.05) is 11.1 Å². The number of thiocarbonyl (C=S) groups is 1. The number of hydrogen-bond donors (Lipinski definition) is 0. The molecule has 3 rings (SSSR count). The highest BCUT2D eigenvalue weighted by Gasteiger charge is 2.16. The van der Waals surface area contributed by atoms with Crippen molar-refractivity contribution in [3.05, 3.63) is 88.7 Å². The molecule has 0 aliphatic carbocycles.